The second-order valence-electron chi connectivity index (χ2n) is 4.61. The molecule has 0 atom stereocenters. The summed E-state index contributed by atoms with van der Waals surface area (Å²) in [6.07, 6.45) is 1.40. The van der Waals surface area contributed by atoms with Crippen LogP contribution >= 0.6 is 0 Å². The maximum Gasteiger partial charge on any atom is 0.342 e. The van der Waals surface area contributed by atoms with Crippen LogP contribution in [0.25, 0.3) is 0 Å². The molecule has 0 spiro atoms. The zero-order valence-electron chi connectivity index (χ0n) is 13.5. The Hall–Kier alpha value is -3.63. The van der Waals surface area contributed by atoms with Gasteiger partial charge in [-0.2, -0.15) is 5.10 Å². The van der Waals surface area contributed by atoms with E-state index in [1.807, 2.05) is 10.1 Å². The number of aromatic nitrogens is 3. The number of anilines is 1. The molecule has 25 heavy (non-hydrogen) atoms. The van der Waals surface area contributed by atoms with E-state index in [0.717, 1.165) is 0 Å². The second-order valence-corrected chi connectivity index (χ2v) is 4.61. The first-order valence-electron chi connectivity index (χ1n) is 7.00. The summed E-state index contributed by atoms with van der Waals surface area (Å²) in [5.74, 6) is 0.451. The normalized spacial score (nSPS) is 10.5. The Labute approximate surface area is 141 Å². The summed E-state index contributed by atoms with van der Waals surface area (Å²) in [7, 11) is 3.04. The summed E-state index contributed by atoms with van der Waals surface area (Å²) in [5.41, 5.74) is 1.44. The molecule has 4 N–H and O–H groups in total. The molecular weight excluding hydrogens is 332 g/mol. The average molecular weight is 348 g/mol. The molecule has 1 heterocycles. The summed E-state index contributed by atoms with van der Waals surface area (Å²) in [5, 5.41) is 11.8. The molecule has 0 aliphatic rings. The fourth-order valence-corrected chi connectivity index (χ4v) is 1.77. The van der Waals surface area contributed by atoms with Gasteiger partial charge in [-0.05, 0) is 12.1 Å². The third-order valence-corrected chi connectivity index (χ3v) is 2.96. The van der Waals surface area contributed by atoms with Gasteiger partial charge in [0.2, 0.25) is 5.82 Å². The largest absolute Gasteiger partial charge is 0.497 e. The Morgan fingerprint density at radius 3 is 2.80 bits per heavy atom. The SMILES string of the molecule is COc1ccc(C=NNC(=O)CNc2n[nH]c(=O)[nH]c2=O)c(OC)c1. The van der Waals surface area contributed by atoms with E-state index in [1.165, 1.54) is 20.4 Å². The van der Waals surface area contributed by atoms with E-state index in [9.17, 15) is 14.4 Å². The van der Waals surface area contributed by atoms with Gasteiger partial charge in [0, 0.05) is 11.6 Å². The molecule has 11 nitrogen and oxygen atoms in total. The molecule has 0 aliphatic heterocycles. The van der Waals surface area contributed by atoms with Crippen LogP contribution in [-0.2, 0) is 4.79 Å². The molecule has 132 valence electrons. The van der Waals surface area contributed by atoms with Crippen molar-refractivity contribution in [2.24, 2.45) is 5.10 Å². The number of benzene rings is 1. The number of hydrazone groups is 1. The lowest BCUT2D eigenvalue weighted by atomic mass is 10.2. The van der Waals surface area contributed by atoms with Crippen LogP contribution in [0.5, 0.6) is 11.5 Å². The number of aromatic amines is 2. The van der Waals surface area contributed by atoms with E-state index in [2.05, 4.69) is 20.9 Å². The molecule has 1 aromatic heterocycles. The van der Waals surface area contributed by atoms with Crippen LogP contribution in [0.3, 0.4) is 0 Å². The Kier molecular flexibility index (Phi) is 5.87. The number of carbonyl (C=O) groups is 1. The third-order valence-electron chi connectivity index (χ3n) is 2.96. The average Bonchev–Trinajstić information content (AvgIpc) is 2.61. The number of H-pyrrole nitrogens is 2. The number of ether oxygens (including phenoxy) is 2. The van der Waals surface area contributed by atoms with Crippen molar-refractivity contribution in [2.75, 3.05) is 26.1 Å². The van der Waals surface area contributed by atoms with Gasteiger partial charge in [-0.3, -0.25) is 14.6 Å². The molecular formula is C14H16N6O5. The molecule has 0 fully saturated rings. The summed E-state index contributed by atoms with van der Waals surface area (Å²) >= 11 is 0. The summed E-state index contributed by atoms with van der Waals surface area (Å²) in [4.78, 5) is 35.9. The van der Waals surface area contributed by atoms with Gasteiger partial charge in [0.1, 0.15) is 11.5 Å². The highest BCUT2D eigenvalue weighted by Crippen LogP contribution is 2.22. The van der Waals surface area contributed by atoms with E-state index in [1.54, 1.807) is 18.2 Å². The molecule has 1 aromatic carbocycles. The van der Waals surface area contributed by atoms with Crippen LogP contribution in [0, 0.1) is 0 Å². The first-order chi connectivity index (χ1) is 12.0. The fourth-order valence-electron chi connectivity index (χ4n) is 1.77. The first kappa shape index (κ1) is 17.7. The highest BCUT2D eigenvalue weighted by Gasteiger charge is 2.06. The minimum atomic E-state index is -0.738. The quantitative estimate of drug-likeness (QED) is 0.371. The van der Waals surface area contributed by atoms with Crippen molar-refractivity contribution >= 4 is 17.9 Å². The van der Waals surface area contributed by atoms with Gasteiger partial charge >= 0.3 is 5.69 Å². The van der Waals surface area contributed by atoms with Gasteiger partial charge in [0.15, 0.2) is 0 Å². The van der Waals surface area contributed by atoms with Crippen molar-refractivity contribution in [3.8, 4) is 11.5 Å². The van der Waals surface area contributed by atoms with Gasteiger partial charge < -0.3 is 14.8 Å². The topological polar surface area (TPSA) is 151 Å². The lowest BCUT2D eigenvalue weighted by molar-refractivity contribution is -0.119. The van der Waals surface area contributed by atoms with Crippen LogP contribution in [-0.4, -0.2) is 48.1 Å². The van der Waals surface area contributed by atoms with E-state index in [4.69, 9.17) is 9.47 Å². The van der Waals surface area contributed by atoms with Crippen molar-refractivity contribution < 1.29 is 14.3 Å². The minimum absolute atomic E-state index is 0.185. The van der Waals surface area contributed by atoms with Gasteiger partial charge in [-0.15, -0.1) is 5.10 Å². The number of hydrogen-bond acceptors (Lipinski definition) is 8. The molecule has 0 radical (unpaired) electrons. The highest BCUT2D eigenvalue weighted by atomic mass is 16.5. The van der Waals surface area contributed by atoms with Crippen molar-refractivity contribution in [3.63, 3.8) is 0 Å². The maximum atomic E-state index is 11.7. The second kappa shape index (κ2) is 8.29. The van der Waals surface area contributed by atoms with Crippen molar-refractivity contribution in [3.05, 3.63) is 44.6 Å². The van der Waals surface area contributed by atoms with Gasteiger partial charge in [-0.1, -0.05) is 0 Å². The molecule has 2 aromatic rings. The summed E-state index contributed by atoms with van der Waals surface area (Å²) in [6.45, 7) is -0.265. The van der Waals surface area contributed by atoms with Gasteiger partial charge in [0.05, 0.1) is 27.0 Å². The number of amides is 1. The van der Waals surface area contributed by atoms with Crippen molar-refractivity contribution in [2.45, 2.75) is 0 Å². The molecule has 0 unspecified atom stereocenters. The zero-order valence-corrected chi connectivity index (χ0v) is 13.5. The fraction of sp³-hybridized carbons (Fsp3) is 0.214. The Morgan fingerprint density at radius 2 is 2.12 bits per heavy atom. The molecule has 0 saturated heterocycles. The summed E-state index contributed by atoms with van der Waals surface area (Å²) < 4.78 is 10.3. The predicted molar refractivity (Wildman–Crippen MR) is 89.3 cm³/mol. The van der Waals surface area contributed by atoms with E-state index in [0.29, 0.717) is 17.1 Å². The molecule has 0 bridgehead atoms. The maximum absolute atomic E-state index is 11.7. The molecule has 0 aliphatic carbocycles. The van der Waals surface area contributed by atoms with Crippen LogP contribution in [0.1, 0.15) is 5.56 Å². The van der Waals surface area contributed by atoms with Crippen molar-refractivity contribution in [1.29, 1.82) is 0 Å². The smallest absolute Gasteiger partial charge is 0.342 e. The van der Waals surface area contributed by atoms with Gasteiger partial charge in [0.25, 0.3) is 11.5 Å². The van der Waals surface area contributed by atoms with E-state index in [-0.39, 0.29) is 12.4 Å². The van der Waals surface area contributed by atoms with Crippen molar-refractivity contribution in [1.82, 2.24) is 20.6 Å². The van der Waals surface area contributed by atoms with E-state index >= 15 is 0 Å². The molecule has 2 rings (SSSR count). The number of rotatable bonds is 7. The summed E-state index contributed by atoms with van der Waals surface area (Å²) in [6, 6.07) is 5.12. The molecule has 0 saturated carbocycles. The lowest BCUT2D eigenvalue weighted by Gasteiger charge is -2.07. The molecule has 1 amide bonds. The number of carbonyl (C=O) groups excluding carboxylic acids is 1. The Bertz CT molecular complexity index is 888. The van der Waals surface area contributed by atoms with Crippen LogP contribution in [0.4, 0.5) is 5.82 Å². The number of nitrogens with one attached hydrogen (secondary N) is 4. The number of nitrogens with zero attached hydrogens (tertiary/aromatic N) is 2. The monoisotopic (exact) mass is 348 g/mol. The molecule has 11 heteroatoms. The lowest BCUT2D eigenvalue weighted by Crippen LogP contribution is -2.31. The zero-order chi connectivity index (χ0) is 18.2. The Balaban J connectivity index is 1.92. The number of methoxy groups -OCH3 is 2. The van der Waals surface area contributed by atoms with Crippen LogP contribution < -0.4 is 31.5 Å². The number of hydrogen-bond donors (Lipinski definition) is 4. The van der Waals surface area contributed by atoms with E-state index < -0.39 is 17.2 Å². The highest BCUT2D eigenvalue weighted by molar-refractivity contribution is 5.86. The Morgan fingerprint density at radius 1 is 1.32 bits per heavy atom. The first-order valence-corrected chi connectivity index (χ1v) is 7.00. The van der Waals surface area contributed by atoms with Crippen LogP contribution in [0.2, 0.25) is 0 Å². The predicted octanol–water partition coefficient (Wildman–Crippen LogP) is -0.962. The minimum Gasteiger partial charge on any atom is -0.497 e. The standard InChI is InChI=1S/C14H16N6O5/c1-24-9-4-3-8(10(5-9)25-2)6-16-18-11(21)7-15-12-13(22)17-14(23)20-19-12/h3-6H,7H2,1-2H3,(H,15,19)(H,18,21)(H2,17,20,22,23). The van der Waals surface area contributed by atoms with Crippen LogP contribution in [0.15, 0.2) is 32.9 Å². The third kappa shape index (κ3) is 4.92. The van der Waals surface area contributed by atoms with Gasteiger partial charge in [-0.25, -0.2) is 15.3 Å².